The number of benzene rings is 1. The van der Waals surface area contributed by atoms with Crippen molar-refractivity contribution in [3.63, 3.8) is 0 Å². The number of alkyl halides is 3. The molecule has 0 spiro atoms. The van der Waals surface area contributed by atoms with Gasteiger partial charge < -0.3 is 15.0 Å². The molecule has 4 rings (SSSR count). The molecule has 1 N–H and O–H groups in total. The standard InChI is InChI=1S/C22H24ClF3N6O2/c1-12-14(11-31(3)28-12)10-30(2)21(33)19-18(23)20-27-16(13-5-7-15(34-4)8-6-13)9-17(22(24,25)26)32(20)29-19/h5-8,11,16-17,27H,9-10H2,1-4H3/t16-,17-/m1/s1. The first-order chi connectivity index (χ1) is 16.0. The Morgan fingerprint density at radius 3 is 2.53 bits per heavy atom. The summed E-state index contributed by atoms with van der Waals surface area (Å²) in [6.45, 7) is 2.02. The molecule has 1 aromatic carbocycles. The maximum atomic E-state index is 14.0. The lowest BCUT2D eigenvalue weighted by Gasteiger charge is -2.33. The van der Waals surface area contributed by atoms with Crippen molar-refractivity contribution in [3.8, 4) is 5.75 Å². The number of fused-ring (bicyclic) bond motifs is 1. The van der Waals surface area contributed by atoms with Crippen LogP contribution in [0.1, 0.15) is 45.8 Å². The Balaban J connectivity index is 1.66. The number of methoxy groups -OCH3 is 1. The zero-order valence-electron chi connectivity index (χ0n) is 19.0. The summed E-state index contributed by atoms with van der Waals surface area (Å²) in [7, 11) is 4.82. The van der Waals surface area contributed by atoms with Gasteiger partial charge in [-0.05, 0) is 24.6 Å². The lowest BCUT2D eigenvalue weighted by atomic mass is 9.97. The number of nitrogens with zero attached hydrogens (tertiary/aromatic N) is 5. The Bertz CT molecular complexity index is 1200. The fraction of sp³-hybridized carbons (Fsp3) is 0.409. The Hall–Kier alpha value is -3.21. The van der Waals surface area contributed by atoms with Crippen LogP contribution in [-0.2, 0) is 13.6 Å². The highest BCUT2D eigenvalue weighted by atomic mass is 35.5. The maximum absolute atomic E-state index is 14.0. The highest BCUT2D eigenvalue weighted by Gasteiger charge is 2.48. The van der Waals surface area contributed by atoms with Gasteiger partial charge in [0.15, 0.2) is 11.7 Å². The number of hydrogen-bond donors (Lipinski definition) is 1. The predicted octanol–water partition coefficient (Wildman–Crippen LogP) is 4.52. The SMILES string of the molecule is COc1ccc([C@H]2C[C@H](C(F)(F)F)n3nc(C(=O)N(C)Cc4cn(C)nc4C)c(Cl)c3N2)cc1. The highest BCUT2D eigenvalue weighted by molar-refractivity contribution is 6.36. The van der Waals surface area contributed by atoms with Crippen LogP contribution < -0.4 is 10.1 Å². The molecular formula is C22H24ClF3N6O2. The number of aromatic nitrogens is 4. The molecule has 0 unspecified atom stereocenters. The number of ether oxygens (including phenoxy) is 1. The van der Waals surface area contributed by atoms with E-state index in [1.54, 1.807) is 42.2 Å². The van der Waals surface area contributed by atoms with Crippen LogP contribution in [0.15, 0.2) is 30.5 Å². The van der Waals surface area contributed by atoms with Gasteiger partial charge in [-0.1, -0.05) is 23.7 Å². The molecule has 1 aliphatic rings. The fourth-order valence-corrected chi connectivity index (χ4v) is 4.35. The number of nitrogens with one attached hydrogen (secondary N) is 1. The first kappa shape index (κ1) is 23.9. The molecule has 0 fully saturated rings. The summed E-state index contributed by atoms with van der Waals surface area (Å²) in [5.74, 6) is -0.0287. The van der Waals surface area contributed by atoms with Crippen LogP contribution >= 0.6 is 11.6 Å². The van der Waals surface area contributed by atoms with E-state index in [1.165, 1.54) is 19.1 Å². The Kier molecular flexibility index (Phi) is 6.24. The lowest BCUT2D eigenvalue weighted by Crippen LogP contribution is -2.36. The quantitative estimate of drug-likeness (QED) is 0.562. The van der Waals surface area contributed by atoms with Gasteiger partial charge in [-0.2, -0.15) is 23.4 Å². The summed E-state index contributed by atoms with van der Waals surface area (Å²) < 4.78 is 49.6. The molecule has 0 bridgehead atoms. The van der Waals surface area contributed by atoms with Crippen LogP contribution in [0.3, 0.4) is 0 Å². The molecule has 0 radical (unpaired) electrons. The third kappa shape index (κ3) is 4.44. The van der Waals surface area contributed by atoms with Crippen molar-refractivity contribution in [3.05, 3.63) is 58.0 Å². The van der Waals surface area contributed by atoms with E-state index in [0.29, 0.717) is 11.3 Å². The van der Waals surface area contributed by atoms with Crippen LogP contribution in [-0.4, -0.2) is 50.7 Å². The van der Waals surface area contributed by atoms with Crippen molar-refractivity contribution in [2.45, 2.75) is 38.1 Å². The molecule has 0 aliphatic carbocycles. The number of amides is 1. The van der Waals surface area contributed by atoms with Crippen LogP contribution in [0, 0.1) is 6.92 Å². The number of anilines is 1. The third-order valence-corrected chi connectivity index (χ3v) is 6.24. The van der Waals surface area contributed by atoms with Crippen molar-refractivity contribution in [2.75, 3.05) is 19.5 Å². The summed E-state index contributed by atoms with van der Waals surface area (Å²) >= 11 is 6.44. The number of aryl methyl sites for hydroxylation is 2. The largest absolute Gasteiger partial charge is 0.497 e. The second-order valence-corrected chi connectivity index (χ2v) is 8.67. The molecule has 8 nitrogen and oxygen atoms in total. The van der Waals surface area contributed by atoms with Gasteiger partial charge >= 0.3 is 6.18 Å². The third-order valence-electron chi connectivity index (χ3n) is 5.89. The molecule has 34 heavy (non-hydrogen) atoms. The summed E-state index contributed by atoms with van der Waals surface area (Å²) in [5, 5.41) is 11.2. The lowest BCUT2D eigenvalue weighted by molar-refractivity contribution is -0.173. The van der Waals surface area contributed by atoms with Gasteiger partial charge in [-0.15, -0.1) is 0 Å². The second kappa shape index (κ2) is 8.86. The minimum absolute atomic E-state index is 0.0367. The van der Waals surface area contributed by atoms with E-state index in [9.17, 15) is 18.0 Å². The number of carbonyl (C=O) groups is 1. The summed E-state index contributed by atoms with van der Waals surface area (Å²) in [4.78, 5) is 14.5. The van der Waals surface area contributed by atoms with Gasteiger partial charge in [0.05, 0.1) is 18.8 Å². The molecule has 1 amide bonds. The molecular weight excluding hydrogens is 473 g/mol. The summed E-state index contributed by atoms with van der Waals surface area (Å²) in [6.07, 6.45) is -3.12. The molecule has 182 valence electrons. The maximum Gasteiger partial charge on any atom is 0.410 e. The Morgan fingerprint density at radius 2 is 1.97 bits per heavy atom. The van der Waals surface area contributed by atoms with Crippen LogP contribution in [0.2, 0.25) is 5.02 Å². The molecule has 0 saturated heterocycles. The van der Waals surface area contributed by atoms with Gasteiger partial charge in [0.2, 0.25) is 0 Å². The van der Waals surface area contributed by atoms with E-state index in [0.717, 1.165) is 15.9 Å². The van der Waals surface area contributed by atoms with Crippen LogP contribution in [0.25, 0.3) is 0 Å². The van der Waals surface area contributed by atoms with Gasteiger partial charge in [0.1, 0.15) is 16.6 Å². The minimum atomic E-state index is -4.59. The van der Waals surface area contributed by atoms with Crippen LogP contribution in [0.4, 0.5) is 19.0 Å². The zero-order valence-corrected chi connectivity index (χ0v) is 19.8. The van der Waals surface area contributed by atoms with Crippen LogP contribution in [0.5, 0.6) is 5.75 Å². The molecule has 1 aliphatic heterocycles. The number of rotatable bonds is 5. The average molecular weight is 497 g/mol. The van der Waals surface area contributed by atoms with Crippen molar-refractivity contribution < 1.29 is 22.7 Å². The Labute approximate surface area is 199 Å². The van der Waals surface area contributed by atoms with Gasteiger partial charge in [-0.25, -0.2) is 4.68 Å². The summed E-state index contributed by atoms with van der Waals surface area (Å²) in [5.41, 5.74) is 1.95. The van der Waals surface area contributed by atoms with Gasteiger partial charge in [-0.3, -0.25) is 9.48 Å². The van der Waals surface area contributed by atoms with Gasteiger partial charge in [0.25, 0.3) is 5.91 Å². The molecule has 12 heteroatoms. The van der Waals surface area contributed by atoms with Crippen molar-refractivity contribution >= 4 is 23.3 Å². The second-order valence-electron chi connectivity index (χ2n) is 8.29. The zero-order chi connectivity index (χ0) is 24.8. The van der Waals surface area contributed by atoms with Crippen molar-refractivity contribution in [2.24, 2.45) is 7.05 Å². The molecule has 0 saturated carbocycles. The topological polar surface area (TPSA) is 77.2 Å². The van der Waals surface area contributed by atoms with Crippen molar-refractivity contribution in [1.29, 1.82) is 0 Å². The molecule has 2 atom stereocenters. The van der Waals surface area contributed by atoms with Gasteiger partial charge in [0, 0.05) is 38.8 Å². The van der Waals surface area contributed by atoms with Crippen molar-refractivity contribution in [1.82, 2.24) is 24.5 Å². The smallest absolute Gasteiger partial charge is 0.410 e. The first-order valence-electron chi connectivity index (χ1n) is 10.5. The monoisotopic (exact) mass is 496 g/mol. The van der Waals surface area contributed by atoms with E-state index in [1.807, 2.05) is 6.92 Å². The summed E-state index contributed by atoms with van der Waals surface area (Å²) in [6, 6.07) is 4.12. The number of hydrogen-bond acceptors (Lipinski definition) is 5. The first-order valence-corrected chi connectivity index (χ1v) is 10.9. The number of halogens is 4. The van der Waals surface area contributed by atoms with E-state index in [-0.39, 0.29) is 29.5 Å². The molecule has 3 aromatic rings. The number of carbonyl (C=O) groups excluding carboxylic acids is 1. The normalized spacial score (nSPS) is 17.8. The minimum Gasteiger partial charge on any atom is -0.497 e. The molecule has 2 aromatic heterocycles. The molecule has 3 heterocycles. The van der Waals surface area contributed by atoms with E-state index in [4.69, 9.17) is 16.3 Å². The van der Waals surface area contributed by atoms with E-state index < -0.39 is 24.2 Å². The van der Waals surface area contributed by atoms with E-state index >= 15 is 0 Å². The Morgan fingerprint density at radius 1 is 1.29 bits per heavy atom. The highest BCUT2D eigenvalue weighted by Crippen LogP contribution is 2.46. The predicted molar refractivity (Wildman–Crippen MR) is 120 cm³/mol. The fourth-order valence-electron chi connectivity index (χ4n) is 4.09. The average Bonchev–Trinajstić information content (AvgIpc) is 3.29. The van der Waals surface area contributed by atoms with E-state index in [2.05, 4.69) is 15.5 Å².